The van der Waals surface area contributed by atoms with E-state index in [9.17, 15) is 0 Å². The molecule has 0 radical (unpaired) electrons. The largest absolute Gasteiger partial charge is 0.159 e. The molecule has 0 bridgehead atoms. The van der Waals surface area contributed by atoms with Crippen LogP contribution in [0.15, 0.2) is 12.2 Å². The molecule has 3 heteroatoms. The van der Waals surface area contributed by atoms with Gasteiger partial charge in [-0.1, -0.05) is 12.2 Å². The first kappa shape index (κ1) is 5.44. The second-order valence-corrected chi connectivity index (χ2v) is 6.48. The minimum atomic E-state index is 0.365. The minimum absolute atomic E-state index is 0.365. The lowest BCUT2D eigenvalue weighted by Gasteiger charge is -2.04. The van der Waals surface area contributed by atoms with Crippen molar-refractivity contribution < 1.29 is 0 Å². The molecular formula is C6H6S3. The summed E-state index contributed by atoms with van der Waals surface area (Å²) in [5, 5.41) is 2.42. The molecule has 2 fully saturated rings. The van der Waals surface area contributed by atoms with E-state index in [1.165, 1.54) is 0 Å². The minimum Gasteiger partial charge on any atom is -0.159 e. The van der Waals surface area contributed by atoms with Gasteiger partial charge in [0, 0.05) is 15.7 Å². The first-order valence-corrected chi connectivity index (χ1v) is 5.32. The molecule has 0 aromatic heterocycles. The van der Waals surface area contributed by atoms with Gasteiger partial charge in [-0.2, -0.15) is 12.6 Å². The molecule has 2 aliphatic heterocycles. The molecule has 4 atom stereocenters. The van der Waals surface area contributed by atoms with Crippen molar-refractivity contribution in [1.82, 2.24) is 0 Å². The molecule has 3 aliphatic rings. The third kappa shape index (κ3) is 0.565. The van der Waals surface area contributed by atoms with E-state index in [4.69, 9.17) is 0 Å². The van der Waals surface area contributed by atoms with Crippen molar-refractivity contribution in [2.75, 3.05) is 0 Å². The normalized spacial score (nSPS) is 66.6. The Morgan fingerprint density at radius 1 is 1.44 bits per heavy atom. The zero-order valence-corrected chi connectivity index (χ0v) is 7.18. The van der Waals surface area contributed by atoms with E-state index >= 15 is 0 Å². The van der Waals surface area contributed by atoms with Crippen molar-refractivity contribution in [2.24, 2.45) is 0 Å². The van der Waals surface area contributed by atoms with E-state index < -0.39 is 0 Å². The van der Waals surface area contributed by atoms with E-state index in [-0.39, 0.29) is 0 Å². The summed E-state index contributed by atoms with van der Waals surface area (Å²) in [4.78, 5) is 0. The standard InChI is InChI=1S/C6H6S3/c7-6-4(9-6)2-1-3-5(6)8-3/h1-5,7H. The van der Waals surface area contributed by atoms with E-state index in [0.717, 1.165) is 15.7 Å². The molecule has 4 unspecified atom stereocenters. The van der Waals surface area contributed by atoms with Crippen molar-refractivity contribution >= 4 is 36.2 Å². The zero-order chi connectivity index (χ0) is 6.06. The lowest BCUT2D eigenvalue weighted by Crippen LogP contribution is -2.17. The van der Waals surface area contributed by atoms with Gasteiger partial charge in [0.05, 0.1) is 4.08 Å². The number of hydrogen-bond donors (Lipinski definition) is 1. The smallest absolute Gasteiger partial charge is 0.0873 e. The topological polar surface area (TPSA) is 0 Å². The summed E-state index contributed by atoms with van der Waals surface area (Å²) in [5.41, 5.74) is 0. The second kappa shape index (κ2) is 1.36. The highest BCUT2D eigenvalue weighted by Crippen LogP contribution is 2.72. The van der Waals surface area contributed by atoms with Crippen LogP contribution in [0.3, 0.4) is 0 Å². The Balaban J connectivity index is 2.06. The summed E-state index contributed by atoms with van der Waals surface area (Å²) in [6.07, 6.45) is 4.66. The van der Waals surface area contributed by atoms with Crippen molar-refractivity contribution in [3.8, 4) is 0 Å². The molecule has 0 amide bonds. The number of hydrogen-bond acceptors (Lipinski definition) is 3. The molecule has 2 heterocycles. The molecule has 0 spiro atoms. The summed E-state index contributed by atoms with van der Waals surface area (Å²) in [7, 11) is 0. The Hall–Kier alpha value is 0.790. The van der Waals surface area contributed by atoms with Crippen LogP contribution < -0.4 is 0 Å². The van der Waals surface area contributed by atoms with Gasteiger partial charge in [0.2, 0.25) is 0 Å². The second-order valence-electron chi connectivity index (χ2n) is 2.70. The highest BCUT2D eigenvalue weighted by molar-refractivity contribution is 8.22. The van der Waals surface area contributed by atoms with Crippen LogP contribution in [0.2, 0.25) is 0 Å². The summed E-state index contributed by atoms with van der Waals surface area (Å²) in [5.74, 6) is 0. The van der Waals surface area contributed by atoms with E-state index in [1.54, 1.807) is 0 Å². The summed E-state index contributed by atoms with van der Waals surface area (Å²) in [6, 6.07) is 0. The van der Waals surface area contributed by atoms with E-state index in [1.807, 2.05) is 11.8 Å². The van der Waals surface area contributed by atoms with Gasteiger partial charge in [-0.05, 0) is 0 Å². The van der Waals surface area contributed by atoms with Crippen LogP contribution in [0.25, 0.3) is 0 Å². The van der Waals surface area contributed by atoms with Crippen LogP contribution in [-0.4, -0.2) is 19.8 Å². The van der Waals surface area contributed by atoms with Crippen LogP contribution in [-0.2, 0) is 0 Å². The Morgan fingerprint density at radius 3 is 3.11 bits per heavy atom. The average molecular weight is 174 g/mol. The maximum Gasteiger partial charge on any atom is 0.0873 e. The third-order valence-electron chi connectivity index (χ3n) is 2.07. The molecule has 9 heavy (non-hydrogen) atoms. The average Bonchev–Trinajstić information content (AvgIpc) is 2.52. The van der Waals surface area contributed by atoms with Crippen LogP contribution >= 0.6 is 36.2 Å². The summed E-state index contributed by atoms with van der Waals surface area (Å²) >= 11 is 8.69. The maximum absolute atomic E-state index is 4.62. The van der Waals surface area contributed by atoms with Gasteiger partial charge in [0.25, 0.3) is 0 Å². The predicted molar refractivity (Wildman–Crippen MR) is 47.4 cm³/mol. The SMILES string of the molecule is SC12SC1C=CC1SC12. The van der Waals surface area contributed by atoms with E-state index in [0.29, 0.717) is 4.08 Å². The van der Waals surface area contributed by atoms with Gasteiger partial charge < -0.3 is 0 Å². The molecule has 0 N–H and O–H groups in total. The number of fused-ring (bicyclic) bond motifs is 3. The van der Waals surface area contributed by atoms with Gasteiger partial charge in [0.1, 0.15) is 0 Å². The highest BCUT2D eigenvalue weighted by Gasteiger charge is 2.67. The Kier molecular flexibility index (Phi) is 0.823. The van der Waals surface area contributed by atoms with Crippen molar-refractivity contribution in [3.05, 3.63) is 12.2 Å². The van der Waals surface area contributed by atoms with E-state index in [2.05, 4.69) is 36.5 Å². The Labute approximate surface area is 68.3 Å². The van der Waals surface area contributed by atoms with Crippen LogP contribution in [0.5, 0.6) is 0 Å². The molecule has 0 aromatic carbocycles. The first-order valence-electron chi connectivity index (χ1n) is 3.05. The summed E-state index contributed by atoms with van der Waals surface area (Å²) in [6.45, 7) is 0. The van der Waals surface area contributed by atoms with Crippen LogP contribution in [0, 0.1) is 0 Å². The third-order valence-corrected chi connectivity index (χ3v) is 6.25. The van der Waals surface area contributed by atoms with Crippen molar-refractivity contribution in [2.45, 2.75) is 19.8 Å². The fraction of sp³-hybridized carbons (Fsp3) is 0.667. The molecule has 0 aromatic rings. The monoisotopic (exact) mass is 174 g/mol. The molecular weight excluding hydrogens is 168 g/mol. The molecule has 2 saturated heterocycles. The van der Waals surface area contributed by atoms with Gasteiger partial charge in [-0.25, -0.2) is 0 Å². The molecule has 48 valence electrons. The Morgan fingerprint density at radius 2 is 2.33 bits per heavy atom. The molecule has 0 nitrogen and oxygen atoms in total. The lowest BCUT2D eigenvalue weighted by molar-refractivity contribution is 0.888. The van der Waals surface area contributed by atoms with Gasteiger partial charge in [0.15, 0.2) is 0 Å². The quantitative estimate of drug-likeness (QED) is 0.338. The van der Waals surface area contributed by atoms with Gasteiger partial charge in [-0.3, -0.25) is 0 Å². The van der Waals surface area contributed by atoms with Gasteiger partial charge >= 0.3 is 0 Å². The molecule has 3 rings (SSSR count). The number of rotatable bonds is 0. The zero-order valence-electron chi connectivity index (χ0n) is 4.65. The number of thiol groups is 1. The van der Waals surface area contributed by atoms with Gasteiger partial charge in [-0.15, -0.1) is 23.5 Å². The maximum atomic E-state index is 4.62. The molecule has 0 saturated carbocycles. The first-order chi connectivity index (χ1) is 4.31. The van der Waals surface area contributed by atoms with Crippen molar-refractivity contribution in [3.63, 3.8) is 0 Å². The fourth-order valence-corrected chi connectivity index (χ4v) is 4.86. The lowest BCUT2D eigenvalue weighted by atomic mass is 10.1. The summed E-state index contributed by atoms with van der Waals surface area (Å²) < 4.78 is 0.365. The highest BCUT2D eigenvalue weighted by atomic mass is 32.2. The Bertz CT molecular complexity index is 200. The fourth-order valence-electron chi connectivity index (χ4n) is 1.39. The van der Waals surface area contributed by atoms with Crippen LogP contribution in [0.4, 0.5) is 0 Å². The van der Waals surface area contributed by atoms with Crippen molar-refractivity contribution in [1.29, 1.82) is 0 Å². The number of thioether (sulfide) groups is 2. The molecule has 1 aliphatic carbocycles. The predicted octanol–water partition coefficient (Wildman–Crippen LogP) is 1.78. The van der Waals surface area contributed by atoms with Crippen LogP contribution in [0.1, 0.15) is 0 Å².